The highest BCUT2D eigenvalue weighted by Crippen LogP contribution is 2.28. The zero-order valence-electron chi connectivity index (χ0n) is 11.3. The second-order valence-electron chi connectivity index (χ2n) is 4.87. The zero-order valence-corrected chi connectivity index (χ0v) is 12.9. The van der Waals surface area contributed by atoms with Crippen molar-refractivity contribution >= 4 is 28.9 Å². The molecule has 4 nitrogen and oxygen atoms in total. The van der Waals surface area contributed by atoms with Gasteiger partial charge in [0.15, 0.2) is 0 Å². The van der Waals surface area contributed by atoms with Gasteiger partial charge in [-0.05, 0) is 35.8 Å². The SMILES string of the molecule is OCCn1nc(-c2cccs2)cc1NC1CCSCC1. The average molecular weight is 309 g/mol. The second kappa shape index (κ2) is 6.65. The third-order valence-electron chi connectivity index (χ3n) is 3.44. The highest BCUT2D eigenvalue weighted by molar-refractivity contribution is 7.99. The molecule has 0 spiro atoms. The van der Waals surface area contributed by atoms with E-state index < -0.39 is 0 Å². The maximum absolute atomic E-state index is 9.20. The molecule has 2 aromatic rings. The van der Waals surface area contributed by atoms with Crippen LogP contribution in [0.25, 0.3) is 10.6 Å². The normalized spacial score (nSPS) is 16.4. The fourth-order valence-electron chi connectivity index (χ4n) is 2.39. The standard InChI is InChI=1S/C14H19N3OS2/c18-6-5-17-14(15-11-3-8-19-9-4-11)10-12(16-17)13-2-1-7-20-13/h1-2,7,10-11,15,18H,3-6,8-9H2. The van der Waals surface area contributed by atoms with Gasteiger partial charge in [0, 0.05) is 12.1 Å². The van der Waals surface area contributed by atoms with Gasteiger partial charge >= 0.3 is 0 Å². The average Bonchev–Trinajstić information content (AvgIpc) is 3.11. The molecule has 3 heterocycles. The van der Waals surface area contributed by atoms with Crippen molar-refractivity contribution in [2.24, 2.45) is 0 Å². The first-order valence-corrected chi connectivity index (χ1v) is 8.97. The summed E-state index contributed by atoms with van der Waals surface area (Å²) in [6, 6.07) is 6.75. The fourth-order valence-corrected chi connectivity index (χ4v) is 4.18. The van der Waals surface area contributed by atoms with E-state index in [0.29, 0.717) is 12.6 Å². The van der Waals surface area contributed by atoms with Gasteiger partial charge in [-0.15, -0.1) is 11.3 Å². The van der Waals surface area contributed by atoms with Crippen LogP contribution in [0.15, 0.2) is 23.6 Å². The van der Waals surface area contributed by atoms with Gasteiger partial charge in [-0.3, -0.25) is 0 Å². The molecule has 6 heteroatoms. The van der Waals surface area contributed by atoms with Crippen molar-refractivity contribution in [1.29, 1.82) is 0 Å². The molecule has 0 atom stereocenters. The van der Waals surface area contributed by atoms with Gasteiger partial charge < -0.3 is 10.4 Å². The Hall–Kier alpha value is -0.980. The van der Waals surface area contributed by atoms with Crippen LogP contribution in [0.5, 0.6) is 0 Å². The molecule has 0 aliphatic carbocycles. The van der Waals surface area contributed by atoms with E-state index in [4.69, 9.17) is 0 Å². The number of aliphatic hydroxyl groups excluding tert-OH is 1. The highest BCUT2D eigenvalue weighted by Gasteiger charge is 2.17. The van der Waals surface area contributed by atoms with Gasteiger partial charge in [0.1, 0.15) is 11.5 Å². The van der Waals surface area contributed by atoms with Crippen molar-refractivity contribution in [3.8, 4) is 10.6 Å². The van der Waals surface area contributed by atoms with Crippen LogP contribution in [-0.4, -0.2) is 39.0 Å². The van der Waals surface area contributed by atoms with E-state index in [1.165, 1.54) is 29.2 Å². The Morgan fingerprint density at radius 1 is 1.40 bits per heavy atom. The van der Waals surface area contributed by atoms with Crippen LogP contribution in [0.4, 0.5) is 5.82 Å². The minimum atomic E-state index is 0.112. The summed E-state index contributed by atoms with van der Waals surface area (Å²) in [5, 5.41) is 19.5. The van der Waals surface area contributed by atoms with Crippen molar-refractivity contribution in [1.82, 2.24) is 9.78 Å². The van der Waals surface area contributed by atoms with Crippen molar-refractivity contribution in [3.05, 3.63) is 23.6 Å². The Morgan fingerprint density at radius 3 is 2.95 bits per heavy atom. The van der Waals surface area contributed by atoms with Gasteiger partial charge in [0.2, 0.25) is 0 Å². The molecule has 0 amide bonds. The van der Waals surface area contributed by atoms with Crippen LogP contribution in [0.1, 0.15) is 12.8 Å². The van der Waals surface area contributed by atoms with Crippen LogP contribution < -0.4 is 5.32 Å². The lowest BCUT2D eigenvalue weighted by Crippen LogP contribution is -2.26. The second-order valence-corrected chi connectivity index (χ2v) is 7.04. The first kappa shape index (κ1) is 14.0. The first-order valence-electron chi connectivity index (χ1n) is 6.93. The van der Waals surface area contributed by atoms with Crippen molar-refractivity contribution < 1.29 is 5.11 Å². The van der Waals surface area contributed by atoms with E-state index in [-0.39, 0.29) is 6.61 Å². The van der Waals surface area contributed by atoms with E-state index in [0.717, 1.165) is 11.5 Å². The van der Waals surface area contributed by atoms with E-state index in [9.17, 15) is 5.11 Å². The summed E-state index contributed by atoms with van der Waals surface area (Å²) in [4.78, 5) is 1.17. The predicted molar refractivity (Wildman–Crippen MR) is 86.6 cm³/mol. The summed E-state index contributed by atoms with van der Waals surface area (Å²) in [5.41, 5.74) is 0.987. The monoisotopic (exact) mass is 309 g/mol. The lowest BCUT2D eigenvalue weighted by Gasteiger charge is -2.23. The molecule has 0 saturated carbocycles. The predicted octanol–water partition coefficient (Wildman–Crippen LogP) is 2.91. The number of rotatable bonds is 5. The van der Waals surface area contributed by atoms with E-state index in [2.05, 4.69) is 27.9 Å². The van der Waals surface area contributed by atoms with Crippen LogP contribution in [0, 0.1) is 0 Å². The Labute approximate surface area is 127 Å². The lowest BCUT2D eigenvalue weighted by atomic mass is 10.1. The van der Waals surface area contributed by atoms with Gasteiger partial charge in [-0.1, -0.05) is 6.07 Å². The summed E-state index contributed by atoms with van der Waals surface area (Å²) in [5.74, 6) is 3.48. The fraction of sp³-hybridized carbons (Fsp3) is 0.500. The van der Waals surface area contributed by atoms with Gasteiger partial charge in [-0.2, -0.15) is 16.9 Å². The Balaban J connectivity index is 1.80. The first-order chi connectivity index (χ1) is 9.86. The third-order valence-corrected chi connectivity index (χ3v) is 5.38. The van der Waals surface area contributed by atoms with E-state index >= 15 is 0 Å². The molecular formula is C14H19N3OS2. The molecule has 1 aliphatic heterocycles. The molecule has 1 aliphatic rings. The number of thioether (sulfide) groups is 1. The molecule has 0 radical (unpaired) electrons. The van der Waals surface area contributed by atoms with Crippen LogP contribution >= 0.6 is 23.1 Å². The topological polar surface area (TPSA) is 50.1 Å². The van der Waals surface area contributed by atoms with Crippen molar-refractivity contribution in [2.75, 3.05) is 23.4 Å². The third kappa shape index (κ3) is 3.19. The summed E-state index contributed by atoms with van der Waals surface area (Å²) in [6.45, 7) is 0.649. The van der Waals surface area contributed by atoms with Gasteiger partial charge in [0.25, 0.3) is 0 Å². The molecular weight excluding hydrogens is 290 g/mol. The van der Waals surface area contributed by atoms with Gasteiger partial charge in [0.05, 0.1) is 18.0 Å². The Morgan fingerprint density at radius 2 is 2.25 bits per heavy atom. The molecule has 2 aromatic heterocycles. The van der Waals surface area contributed by atoms with E-state index in [1.54, 1.807) is 11.3 Å². The molecule has 1 fully saturated rings. The number of nitrogens with zero attached hydrogens (tertiary/aromatic N) is 2. The minimum Gasteiger partial charge on any atom is -0.394 e. The van der Waals surface area contributed by atoms with Crippen molar-refractivity contribution in [2.45, 2.75) is 25.4 Å². The molecule has 3 rings (SSSR count). The number of hydrogen-bond acceptors (Lipinski definition) is 5. The van der Waals surface area contributed by atoms with E-state index in [1.807, 2.05) is 22.5 Å². The summed E-state index contributed by atoms with van der Waals surface area (Å²) < 4.78 is 1.89. The summed E-state index contributed by atoms with van der Waals surface area (Å²) in [6.07, 6.45) is 2.40. The molecule has 108 valence electrons. The molecule has 20 heavy (non-hydrogen) atoms. The molecule has 1 saturated heterocycles. The van der Waals surface area contributed by atoms with Crippen LogP contribution in [-0.2, 0) is 6.54 Å². The maximum Gasteiger partial charge on any atom is 0.125 e. The number of anilines is 1. The molecule has 0 bridgehead atoms. The smallest absolute Gasteiger partial charge is 0.125 e. The quantitative estimate of drug-likeness (QED) is 0.891. The van der Waals surface area contributed by atoms with Crippen LogP contribution in [0.2, 0.25) is 0 Å². The molecule has 0 aromatic carbocycles. The molecule has 0 unspecified atom stereocenters. The Kier molecular flexibility index (Phi) is 4.65. The molecule has 2 N–H and O–H groups in total. The number of nitrogens with one attached hydrogen (secondary N) is 1. The number of aromatic nitrogens is 2. The summed E-state index contributed by atoms with van der Waals surface area (Å²) >= 11 is 3.72. The number of thiophene rings is 1. The van der Waals surface area contributed by atoms with Crippen molar-refractivity contribution in [3.63, 3.8) is 0 Å². The Bertz CT molecular complexity index is 533. The number of hydrogen-bond donors (Lipinski definition) is 2. The largest absolute Gasteiger partial charge is 0.394 e. The highest BCUT2D eigenvalue weighted by atomic mass is 32.2. The van der Waals surface area contributed by atoms with Crippen LogP contribution in [0.3, 0.4) is 0 Å². The minimum absolute atomic E-state index is 0.112. The zero-order chi connectivity index (χ0) is 13.8. The summed E-state index contributed by atoms with van der Waals surface area (Å²) in [7, 11) is 0. The van der Waals surface area contributed by atoms with Gasteiger partial charge in [-0.25, -0.2) is 4.68 Å². The maximum atomic E-state index is 9.20. The number of aliphatic hydroxyl groups is 1. The lowest BCUT2D eigenvalue weighted by molar-refractivity contribution is 0.270.